The van der Waals surface area contributed by atoms with Gasteiger partial charge in [-0.05, 0) is 25.0 Å². The molecule has 18 heavy (non-hydrogen) atoms. The molecule has 0 unspecified atom stereocenters. The fourth-order valence-electron chi connectivity index (χ4n) is 2.05. The normalized spacial score (nSPS) is 10.6. The minimum atomic E-state index is 0.834. The maximum atomic E-state index is 4.28. The molecule has 0 saturated heterocycles. The topological polar surface area (TPSA) is 29.9 Å². The third-order valence-electron chi connectivity index (χ3n) is 3.03. The van der Waals surface area contributed by atoms with Crippen molar-refractivity contribution in [2.75, 3.05) is 5.32 Å². The van der Waals surface area contributed by atoms with Crippen LogP contribution < -0.4 is 5.32 Å². The summed E-state index contributed by atoms with van der Waals surface area (Å²) in [6, 6.07) is 8.53. The van der Waals surface area contributed by atoms with Crippen LogP contribution in [-0.4, -0.2) is 9.78 Å². The van der Waals surface area contributed by atoms with Gasteiger partial charge in [0.05, 0.1) is 6.20 Å². The number of aromatic nitrogens is 2. The first kappa shape index (κ1) is 12.7. The maximum Gasteiger partial charge on any atom is 0.0539 e. The molecule has 3 nitrogen and oxygen atoms in total. The van der Waals surface area contributed by atoms with Crippen molar-refractivity contribution in [3.63, 3.8) is 0 Å². The molecule has 0 fully saturated rings. The van der Waals surface area contributed by atoms with Gasteiger partial charge < -0.3 is 5.32 Å². The number of para-hydroxylation sites is 1. The summed E-state index contributed by atoms with van der Waals surface area (Å²) >= 11 is 0. The first-order valence-corrected chi connectivity index (χ1v) is 6.66. The van der Waals surface area contributed by atoms with Crippen molar-refractivity contribution >= 4 is 5.69 Å². The first-order chi connectivity index (χ1) is 8.83. The Morgan fingerprint density at radius 2 is 2.06 bits per heavy atom. The molecule has 0 spiro atoms. The number of rotatable bonds is 6. The van der Waals surface area contributed by atoms with Crippen LogP contribution in [0.2, 0.25) is 0 Å². The van der Waals surface area contributed by atoms with E-state index in [1.807, 2.05) is 10.9 Å². The van der Waals surface area contributed by atoms with E-state index in [4.69, 9.17) is 0 Å². The number of anilines is 1. The predicted octanol–water partition coefficient (Wildman–Crippen LogP) is 3.47. The zero-order valence-corrected chi connectivity index (χ0v) is 11.2. The van der Waals surface area contributed by atoms with Crippen LogP contribution in [0.25, 0.3) is 0 Å². The van der Waals surface area contributed by atoms with Gasteiger partial charge in [0.25, 0.3) is 0 Å². The molecular formula is C15H21N3. The fraction of sp³-hybridized carbons (Fsp3) is 0.400. The fourth-order valence-corrected chi connectivity index (χ4v) is 2.05. The quantitative estimate of drug-likeness (QED) is 0.842. The highest BCUT2D eigenvalue weighted by Crippen LogP contribution is 2.17. The molecule has 0 radical (unpaired) electrons. The summed E-state index contributed by atoms with van der Waals surface area (Å²) in [5, 5.41) is 7.78. The number of nitrogens with one attached hydrogen (secondary N) is 1. The Hall–Kier alpha value is -1.77. The summed E-state index contributed by atoms with van der Waals surface area (Å²) in [5.41, 5.74) is 3.86. The van der Waals surface area contributed by atoms with Gasteiger partial charge >= 0.3 is 0 Å². The van der Waals surface area contributed by atoms with Crippen LogP contribution in [-0.2, 0) is 19.5 Å². The van der Waals surface area contributed by atoms with Gasteiger partial charge in [0.2, 0.25) is 0 Å². The van der Waals surface area contributed by atoms with Crippen LogP contribution in [0.1, 0.15) is 31.4 Å². The highest BCUT2D eigenvalue weighted by Gasteiger charge is 2.01. The van der Waals surface area contributed by atoms with Crippen molar-refractivity contribution in [2.45, 2.75) is 39.8 Å². The smallest absolute Gasteiger partial charge is 0.0539 e. The number of hydrogen-bond donors (Lipinski definition) is 1. The first-order valence-electron chi connectivity index (χ1n) is 6.66. The van der Waals surface area contributed by atoms with Crippen molar-refractivity contribution < 1.29 is 0 Å². The molecule has 0 atom stereocenters. The highest BCUT2D eigenvalue weighted by atomic mass is 15.3. The molecule has 0 bridgehead atoms. The molecule has 0 saturated carbocycles. The zero-order valence-electron chi connectivity index (χ0n) is 11.2. The molecule has 2 rings (SSSR count). The van der Waals surface area contributed by atoms with Crippen LogP contribution in [0.15, 0.2) is 36.7 Å². The molecule has 2 aromatic rings. The van der Waals surface area contributed by atoms with E-state index in [9.17, 15) is 0 Å². The molecule has 1 aromatic carbocycles. The summed E-state index contributed by atoms with van der Waals surface area (Å²) in [7, 11) is 0. The van der Waals surface area contributed by atoms with E-state index in [1.165, 1.54) is 23.2 Å². The van der Waals surface area contributed by atoms with Crippen molar-refractivity contribution in [3.8, 4) is 0 Å². The lowest BCUT2D eigenvalue weighted by Crippen LogP contribution is -2.01. The Balaban J connectivity index is 2.01. The molecular weight excluding hydrogens is 222 g/mol. The Morgan fingerprint density at radius 3 is 2.78 bits per heavy atom. The van der Waals surface area contributed by atoms with Crippen LogP contribution in [0.4, 0.5) is 5.69 Å². The molecule has 1 N–H and O–H groups in total. The summed E-state index contributed by atoms with van der Waals surface area (Å²) in [6.07, 6.45) is 6.32. The Bertz CT molecular complexity index is 488. The van der Waals surface area contributed by atoms with Crippen molar-refractivity contribution in [2.24, 2.45) is 0 Å². The van der Waals surface area contributed by atoms with Crippen molar-refractivity contribution in [1.29, 1.82) is 0 Å². The summed E-state index contributed by atoms with van der Waals surface area (Å²) in [6.45, 7) is 6.07. The van der Waals surface area contributed by atoms with Crippen LogP contribution >= 0.6 is 0 Å². The average molecular weight is 243 g/mol. The second-order valence-corrected chi connectivity index (χ2v) is 4.46. The third-order valence-corrected chi connectivity index (χ3v) is 3.03. The molecule has 0 aliphatic rings. The van der Waals surface area contributed by atoms with E-state index in [-0.39, 0.29) is 0 Å². The molecule has 1 aromatic heterocycles. The highest BCUT2D eigenvalue weighted by molar-refractivity contribution is 5.51. The van der Waals surface area contributed by atoms with Gasteiger partial charge in [-0.2, -0.15) is 5.10 Å². The van der Waals surface area contributed by atoms with Crippen molar-refractivity contribution in [1.82, 2.24) is 9.78 Å². The van der Waals surface area contributed by atoms with E-state index >= 15 is 0 Å². The van der Waals surface area contributed by atoms with Gasteiger partial charge in [-0.25, -0.2) is 0 Å². The van der Waals surface area contributed by atoms with Crippen LogP contribution in [0.3, 0.4) is 0 Å². The predicted molar refractivity (Wildman–Crippen MR) is 75.7 cm³/mol. The monoisotopic (exact) mass is 243 g/mol. The van der Waals surface area contributed by atoms with Gasteiger partial charge in [0.1, 0.15) is 0 Å². The van der Waals surface area contributed by atoms with E-state index in [0.717, 1.165) is 19.5 Å². The van der Waals surface area contributed by atoms with Crippen molar-refractivity contribution in [3.05, 3.63) is 47.8 Å². The molecule has 3 heteroatoms. The molecule has 0 aliphatic carbocycles. The third kappa shape index (κ3) is 3.13. The summed E-state index contributed by atoms with van der Waals surface area (Å²) < 4.78 is 1.95. The van der Waals surface area contributed by atoms with Gasteiger partial charge in [0.15, 0.2) is 0 Å². The lowest BCUT2D eigenvalue weighted by molar-refractivity contribution is 0.659. The van der Waals surface area contributed by atoms with E-state index < -0.39 is 0 Å². The standard InChI is InChI=1S/C15H21N3/c1-3-7-14-8-5-6-9-15(14)16-10-13-11-17-18(4-2)12-13/h5-6,8-9,11-12,16H,3-4,7,10H2,1-2H3. The second kappa shape index (κ2) is 6.24. The zero-order chi connectivity index (χ0) is 12.8. The van der Waals surface area contributed by atoms with Gasteiger partial charge in [0, 0.05) is 30.5 Å². The maximum absolute atomic E-state index is 4.28. The van der Waals surface area contributed by atoms with Crippen LogP contribution in [0, 0.1) is 0 Å². The SMILES string of the molecule is CCCc1ccccc1NCc1cnn(CC)c1. The lowest BCUT2D eigenvalue weighted by Gasteiger charge is -2.10. The lowest BCUT2D eigenvalue weighted by atomic mass is 10.1. The summed E-state index contributed by atoms with van der Waals surface area (Å²) in [4.78, 5) is 0. The Labute approximate surface area is 109 Å². The Kier molecular flexibility index (Phi) is 4.40. The molecule has 96 valence electrons. The van der Waals surface area contributed by atoms with Gasteiger partial charge in [-0.15, -0.1) is 0 Å². The number of aryl methyl sites for hydroxylation is 2. The number of benzene rings is 1. The minimum absolute atomic E-state index is 0.834. The number of nitrogens with zero attached hydrogens (tertiary/aromatic N) is 2. The van der Waals surface area contributed by atoms with E-state index in [2.05, 4.69) is 54.7 Å². The van der Waals surface area contributed by atoms with E-state index in [0.29, 0.717) is 0 Å². The van der Waals surface area contributed by atoms with Crippen LogP contribution in [0.5, 0.6) is 0 Å². The van der Waals surface area contributed by atoms with Gasteiger partial charge in [-0.3, -0.25) is 4.68 Å². The summed E-state index contributed by atoms with van der Waals surface area (Å²) in [5.74, 6) is 0. The molecule has 0 aliphatic heterocycles. The van der Waals surface area contributed by atoms with Gasteiger partial charge in [-0.1, -0.05) is 31.5 Å². The molecule has 0 amide bonds. The minimum Gasteiger partial charge on any atom is -0.381 e. The molecule has 1 heterocycles. The second-order valence-electron chi connectivity index (χ2n) is 4.46. The van der Waals surface area contributed by atoms with E-state index in [1.54, 1.807) is 0 Å². The average Bonchev–Trinajstić information content (AvgIpc) is 2.86. The number of hydrogen-bond acceptors (Lipinski definition) is 2. The largest absolute Gasteiger partial charge is 0.381 e. The Morgan fingerprint density at radius 1 is 1.22 bits per heavy atom.